The van der Waals surface area contributed by atoms with Gasteiger partial charge in [0, 0.05) is 10.7 Å². The minimum atomic E-state index is -0.517. The number of carbonyl (C=O) groups excluding carboxylic acids is 2. The van der Waals surface area contributed by atoms with Crippen LogP contribution in [0.1, 0.15) is 32.1 Å². The van der Waals surface area contributed by atoms with Crippen LogP contribution < -0.4 is 10.6 Å². The second-order valence-electron chi connectivity index (χ2n) is 5.89. The van der Waals surface area contributed by atoms with Gasteiger partial charge in [-0.3, -0.25) is 9.59 Å². The van der Waals surface area contributed by atoms with Crippen LogP contribution in [-0.2, 0) is 0 Å². The highest BCUT2D eigenvalue weighted by Crippen LogP contribution is 2.23. The number of hydrogen-bond acceptors (Lipinski definition) is 4. The van der Waals surface area contributed by atoms with Gasteiger partial charge in [-0.2, -0.15) is 5.26 Å². The van der Waals surface area contributed by atoms with Crippen molar-refractivity contribution in [3.8, 4) is 6.07 Å². The van der Waals surface area contributed by atoms with Crippen LogP contribution in [0.15, 0.2) is 60.7 Å². The molecule has 2 amide bonds. The molecule has 0 saturated heterocycles. The van der Waals surface area contributed by atoms with E-state index in [0.29, 0.717) is 22.0 Å². The summed E-state index contributed by atoms with van der Waals surface area (Å²) < 4.78 is 0. The SMILES string of the molecule is Cc1c(Cl)cccc1NC(=O)c1cccc(C(=O)Nc2ccccc2C#N)n1. The Kier molecular flexibility index (Phi) is 5.68. The summed E-state index contributed by atoms with van der Waals surface area (Å²) in [5.74, 6) is -0.978. The molecule has 0 aliphatic rings. The number of rotatable bonds is 4. The lowest BCUT2D eigenvalue weighted by Crippen LogP contribution is -2.19. The number of pyridine rings is 1. The second-order valence-corrected chi connectivity index (χ2v) is 6.29. The van der Waals surface area contributed by atoms with Crippen molar-refractivity contribution in [1.82, 2.24) is 4.98 Å². The van der Waals surface area contributed by atoms with Gasteiger partial charge in [0.1, 0.15) is 17.5 Å². The van der Waals surface area contributed by atoms with Gasteiger partial charge in [0.05, 0.1) is 11.3 Å². The predicted molar refractivity (Wildman–Crippen MR) is 107 cm³/mol. The van der Waals surface area contributed by atoms with Gasteiger partial charge in [-0.25, -0.2) is 4.98 Å². The van der Waals surface area contributed by atoms with Crippen LogP contribution in [0.3, 0.4) is 0 Å². The first-order chi connectivity index (χ1) is 13.5. The monoisotopic (exact) mass is 390 g/mol. The van der Waals surface area contributed by atoms with E-state index in [2.05, 4.69) is 15.6 Å². The first kappa shape index (κ1) is 19.1. The fourth-order valence-corrected chi connectivity index (χ4v) is 2.67. The molecule has 3 aromatic rings. The molecule has 0 unspecified atom stereocenters. The zero-order valence-electron chi connectivity index (χ0n) is 14.9. The van der Waals surface area contributed by atoms with Gasteiger partial charge in [-0.05, 0) is 48.9 Å². The van der Waals surface area contributed by atoms with E-state index in [1.54, 1.807) is 55.5 Å². The van der Waals surface area contributed by atoms with E-state index >= 15 is 0 Å². The molecular formula is C21H15ClN4O2. The fourth-order valence-electron chi connectivity index (χ4n) is 2.49. The molecule has 138 valence electrons. The fraction of sp³-hybridized carbons (Fsp3) is 0.0476. The second kappa shape index (κ2) is 8.33. The van der Waals surface area contributed by atoms with Crippen molar-refractivity contribution in [2.75, 3.05) is 10.6 Å². The smallest absolute Gasteiger partial charge is 0.274 e. The topological polar surface area (TPSA) is 94.9 Å². The standard InChI is InChI=1S/C21H15ClN4O2/c1-13-15(22)7-4-9-16(13)25-20(27)18-10-5-11-19(24-18)21(28)26-17-8-3-2-6-14(17)12-23/h2-11H,1H3,(H,25,27)(H,26,28). The summed E-state index contributed by atoms with van der Waals surface area (Å²) >= 11 is 6.07. The molecule has 7 heteroatoms. The average Bonchev–Trinajstić information content (AvgIpc) is 2.72. The van der Waals surface area contributed by atoms with E-state index in [1.165, 1.54) is 12.1 Å². The van der Waals surface area contributed by atoms with E-state index in [0.717, 1.165) is 5.56 Å². The molecule has 0 aliphatic carbocycles. The van der Waals surface area contributed by atoms with Crippen molar-refractivity contribution in [2.45, 2.75) is 6.92 Å². The molecule has 0 fully saturated rings. The highest BCUT2D eigenvalue weighted by atomic mass is 35.5. The number of hydrogen-bond donors (Lipinski definition) is 2. The lowest BCUT2D eigenvalue weighted by atomic mass is 10.2. The number of carbonyl (C=O) groups is 2. The highest BCUT2D eigenvalue weighted by molar-refractivity contribution is 6.31. The summed E-state index contributed by atoms with van der Waals surface area (Å²) in [5.41, 5.74) is 2.16. The van der Waals surface area contributed by atoms with E-state index in [1.807, 2.05) is 6.07 Å². The van der Waals surface area contributed by atoms with E-state index in [4.69, 9.17) is 16.9 Å². The molecule has 0 radical (unpaired) electrons. The maximum absolute atomic E-state index is 12.5. The first-order valence-corrected chi connectivity index (χ1v) is 8.71. The number of nitrogens with one attached hydrogen (secondary N) is 2. The maximum Gasteiger partial charge on any atom is 0.274 e. The number of nitriles is 1. The maximum atomic E-state index is 12.5. The number of para-hydroxylation sites is 1. The average molecular weight is 391 g/mol. The number of anilines is 2. The van der Waals surface area contributed by atoms with Crippen molar-refractivity contribution in [1.29, 1.82) is 5.26 Å². The molecule has 1 aromatic heterocycles. The number of nitrogens with zero attached hydrogens (tertiary/aromatic N) is 2. The summed E-state index contributed by atoms with van der Waals surface area (Å²) in [7, 11) is 0. The third-order valence-electron chi connectivity index (χ3n) is 4.03. The molecule has 0 atom stereocenters. The van der Waals surface area contributed by atoms with Crippen molar-refractivity contribution in [2.24, 2.45) is 0 Å². The van der Waals surface area contributed by atoms with Crippen LogP contribution in [0.2, 0.25) is 5.02 Å². The Labute approximate surface area is 166 Å². The van der Waals surface area contributed by atoms with E-state index in [-0.39, 0.29) is 11.4 Å². The molecule has 3 rings (SSSR count). The van der Waals surface area contributed by atoms with E-state index < -0.39 is 11.8 Å². The van der Waals surface area contributed by atoms with Crippen LogP contribution in [0.5, 0.6) is 0 Å². The lowest BCUT2D eigenvalue weighted by Gasteiger charge is -2.10. The van der Waals surface area contributed by atoms with Gasteiger partial charge < -0.3 is 10.6 Å². The molecule has 2 aromatic carbocycles. The van der Waals surface area contributed by atoms with Gasteiger partial charge in [-0.15, -0.1) is 0 Å². The lowest BCUT2D eigenvalue weighted by molar-refractivity contribution is 0.101. The molecule has 6 nitrogen and oxygen atoms in total. The highest BCUT2D eigenvalue weighted by Gasteiger charge is 2.15. The van der Waals surface area contributed by atoms with Gasteiger partial charge >= 0.3 is 0 Å². The first-order valence-electron chi connectivity index (χ1n) is 8.33. The van der Waals surface area contributed by atoms with Crippen LogP contribution in [0.4, 0.5) is 11.4 Å². The van der Waals surface area contributed by atoms with Crippen LogP contribution in [0, 0.1) is 18.3 Å². The van der Waals surface area contributed by atoms with Crippen LogP contribution in [0.25, 0.3) is 0 Å². The Morgan fingerprint density at radius 3 is 2.14 bits per heavy atom. The largest absolute Gasteiger partial charge is 0.320 e. The van der Waals surface area contributed by atoms with Gasteiger partial charge in [-0.1, -0.05) is 35.9 Å². The van der Waals surface area contributed by atoms with Gasteiger partial charge in [0.15, 0.2) is 0 Å². The normalized spacial score (nSPS) is 10.0. The van der Waals surface area contributed by atoms with Crippen molar-refractivity contribution < 1.29 is 9.59 Å². The Morgan fingerprint density at radius 1 is 0.893 bits per heavy atom. The van der Waals surface area contributed by atoms with Crippen molar-refractivity contribution in [3.63, 3.8) is 0 Å². The quantitative estimate of drug-likeness (QED) is 0.689. The Hall–Kier alpha value is -3.69. The minimum Gasteiger partial charge on any atom is -0.320 e. The number of halogens is 1. The third-order valence-corrected chi connectivity index (χ3v) is 4.44. The van der Waals surface area contributed by atoms with Gasteiger partial charge in [0.25, 0.3) is 11.8 Å². The number of benzene rings is 2. The molecule has 0 aliphatic heterocycles. The molecule has 28 heavy (non-hydrogen) atoms. The van der Waals surface area contributed by atoms with Crippen molar-refractivity contribution >= 4 is 34.8 Å². The molecule has 2 N–H and O–H groups in total. The van der Waals surface area contributed by atoms with Gasteiger partial charge in [0.2, 0.25) is 0 Å². The Bertz CT molecular complexity index is 1110. The molecular weight excluding hydrogens is 376 g/mol. The van der Waals surface area contributed by atoms with Crippen LogP contribution in [-0.4, -0.2) is 16.8 Å². The number of aromatic nitrogens is 1. The Balaban J connectivity index is 1.80. The number of amides is 2. The zero-order valence-corrected chi connectivity index (χ0v) is 15.6. The predicted octanol–water partition coefficient (Wildman–Crippen LogP) is 4.42. The van der Waals surface area contributed by atoms with E-state index in [9.17, 15) is 9.59 Å². The summed E-state index contributed by atoms with van der Waals surface area (Å²) in [6.45, 7) is 1.79. The summed E-state index contributed by atoms with van der Waals surface area (Å²) in [4.78, 5) is 29.1. The third kappa shape index (κ3) is 4.17. The molecule has 1 heterocycles. The molecule has 0 bridgehead atoms. The summed E-state index contributed by atoms with van der Waals surface area (Å²) in [6.07, 6.45) is 0. The van der Waals surface area contributed by atoms with Crippen LogP contribution >= 0.6 is 11.6 Å². The van der Waals surface area contributed by atoms with Crippen molar-refractivity contribution in [3.05, 3.63) is 88.2 Å². The summed E-state index contributed by atoms with van der Waals surface area (Å²) in [6, 6.07) is 18.4. The molecule has 0 spiro atoms. The Morgan fingerprint density at radius 2 is 1.46 bits per heavy atom. The minimum absolute atomic E-state index is 0.0585. The summed E-state index contributed by atoms with van der Waals surface area (Å²) in [5, 5.41) is 15.0. The molecule has 0 saturated carbocycles. The zero-order chi connectivity index (χ0) is 20.1.